The first kappa shape index (κ1) is 6.98. The molecule has 12 heavy (non-hydrogen) atoms. The Morgan fingerprint density at radius 1 is 0.917 bits per heavy atom. The maximum absolute atomic E-state index is 5.24. The molecule has 0 unspecified atom stereocenters. The number of fused-ring (bicyclic) bond motifs is 1. The zero-order chi connectivity index (χ0) is 8.23. The Kier molecular flexibility index (Phi) is 1.82. The summed E-state index contributed by atoms with van der Waals surface area (Å²) in [6.45, 7) is 0. The van der Waals surface area contributed by atoms with E-state index in [2.05, 4.69) is 5.16 Å². The third-order valence-corrected chi connectivity index (χ3v) is 1.64. The van der Waals surface area contributed by atoms with Crippen molar-refractivity contribution in [2.24, 2.45) is 0 Å². The monoisotopic (exact) mass is 159 g/mol. The summed E-state index contributed by atoms with van der Waals surface area (Å²) in [5.41, 5.74) is 1.07. The van der Waals surface area contributed by atoms with Gasteiger partial charge in [0.25, 0.3) is 0 Å². The maximum atomic E-state index is 5.24. The van der Waals surface area contributed by atoms with Crippen molar-refractivity contribution in [1.82, 2.24) is 5.16 Å². The largest absolute Gasteiger partial charge is 0.382 e. The van der Waals surface area contributed by atoms with E-state index in [-0.39, 0.29) is 0 Å². The van der Waals surface area contributed by atoms with Crippen molar-refractivity contribution in [2.75, 3.05) is 0 Å². The van der Waals surface area contributed by atoms with Crippen molar-refractivity contribution in [3.05, 3.63) is 48.7 Å². The van der Waals surface area contributed by atoms with Gasteiger partial charge in [0.2, 0.25) is 0 Å². The van der Waals surface area contributed by atoms with Crippen molar-refractivity contribution in [3.8, 4) is 11.3 Å². The average molecular weight is 159 g/mol. The molecule has 0 amide bonds. The van der Waals surface area contributed by atoms with Gasteiger partial charge in [0.15, 0.2) is 5.76 Å². The van der Waals surface area contributed by atoms with E-state index in [1.165, 1.54) is 0 Å². The second-order valence-corrected chi connectivity index (χ2v) is 2.48. The van der Waals surface area contributed by atoms with E-state index in [9.17, 15) is 0 Å². The van der Waals surface area contributed by atoms with E-state index < -0.39 is 0 Å². The molecule has 0 radical (unpaired) electrons. The summed E-state index contributed by atoms with van der Waals surface area (Å²) in [5.74, 6) is 0.838. The second-order valence-electron chi connectivity index (χ2n) is 2.48. The molecule has 0 fully saturated rings. The quantitative estimate of drug-likeness (QED) is 0.629. The van der Waals surface area contributed by atoms with Gasteiger partial charge >= 0.3 is 0 Å². The van der Waals surface area contributed by atoms with Crippen LogP contribution in [0.2, 0.25) is 0 Å². The minimum Gasteiger partial charge on any atom is -0.382 e. The van der Waals surface area contributed by atoms with Crippen LogP contribution in [0.1, 0.15) is 0 Å². The molecule has 0 aromatic rings. The van der Waals surface area contributed by atoms with Crippen LogP contribution in [0.5, 0.6) is 0 Å². The standard InChI is InChI=1S/C10H9NO/c1-2-5-9-6-4-8-11-12-10(9)7-3-1/h1-8,11H. The highest BCUT2D eigenvalue weighted by molar-refractivity contribution is 5.55. The molecule has 1 aliphatic carbocycles. The summed E-state index contributed by atoms with van der Waals surface area (Å²) < 4.78 is 5.24. The molecule has 2 heteroatoms. The molecular formula is C10H9NO. The topological polar surface area (TPSA) is 28.9 Å². The maximum Gasteiger partial charge on any atom is 0.162 e. The second kappa shape index (κ2) is 3.13. The van der Waals surface area contributed by atoms with Gasteiger partial charge in [0, 0.05) is 11.8 Å². The zero-order valence-corrected chi connectivity index (χ0v) is 6.53. The Bertz CT molecular complexity index is 307. The van der Waals surface area contributed by atoms with Gasteiger partial charge in [-0.2, -0.15) is 0 Å². The summed E-state index contributed by atoms with van der Waals surface area (Å²) in [6.07, 6.45) is 1.75. The van der Waals surface area contributed by atoms with Gasteiger partial charge in [0.05, 0.1) is 0 Å². The van der Waals surface area contributed by atoms with Crippen molar-refractivity contribution < 1.29 is 4.52 Å². The minimum absolute atomic E-state index is 0.838. The number of nitrogens with one attached hydrogen (secondary N) is 1. The van der Waals surface area contributed by atoms with Gasteiger partial charge in [-0.15, -0.1) is 0 Å². The van der Waals surface area contributed by atoms with Gasteiger partial charge in [-0.25, -0.2) is 5.16 Å². The number of H-pyrrole nitrogens is 1. The lowest BCUT2D eigenvalue weighted by molar-refractivity contribution is 0.419. The molecule has 0 spiro atoms. The molecule has 1 N–H and O–H groups in total. The van der Waals surface area contributed by atoms with Crippen LogP contribution < -0.4 is 0 Å². The summed E-state index contributed by atoms with van der Waals surface area (Å²) in [6, 6.07) is 13.7. The Balaban J connectivity index is 2.74. The summed E-state index contributed by atoms with van der Waals surface area (Å²) in [4.78, 5) is 0. The molecule has 0 atom stereocenters. The third kappa shape index (κ3) is 1.32. The van der Waals surface area contributed by atoms with E-state index >= 15 is 0 Å². The van der Waals surface area contributed by atoms with Gasteiger partial charge in [-0.05, 0) is 18.2 Å². The van der Waals surface area contributed by atoms with E-state index in [1.54, 1.807) is 6.20 Å². The van der Waals surface area contributed by atoms with Crippen LogP contribution in [-0.2, 0) is 0 Å². The number of hydrogen-bond acceptors (Lipinski definition) is 1. The first-order valence-electron chi connectivity index (χ1n) is 3.81. The van der Waals surface area contributed by atoms with Crippen LogP contribution >= 0.6 is 0 Å². The Hall–Kier alpha value is -1.70. The molecular weight excluding hydrogens is 150 g/mol. The van der Waals surface area contributed by atoms with Crippen LogP contribution in [0.4, 0.5) is 0 Å². The molecule has 0 aromatic heterocycles. The van der Waals surface area contributed by atoms with E-state index in [1.807, 2.05) is 42.5 Å². The van der Waals surface area contributed by atoms with E-state index in [0.717, 1.165) is 11.3 Å². The average Bonchev–Trinajstić information content (AvgIpc) is 2.38. The first-order valence-corrected chi connectivity index (χ1v) is 3.81. The van der Waals surface area contributed by atoms with Crippen molar-refractivity contribution >= 4 is 0 Å². The van der Waals surface area contributed by atoms with Crippen molar-refractivity contribution in [3.63, 3.8) is 0 Å². The lowest BCUT2D eigenvalue weighted by Gasteiger charge is -1.89. The SMILES string of the molecule is c1ccc2ccc[nH]oc-2cc1. The molecule has 1 heterocycles. The lowest BCUT2D eigenvalue weighted by atomic mass is 10.2. The van der Waals surface area contributed by atoms with E-state index in [0.29, 0.717) is 0 Å². The van der Waals surface area contributed by atoms with Gasteiger partial charge < -0.3 is 4.52 Å². The Morgan fingerprint density at radius 3 is 2.75 bits per heavy atom. The van der Waals surface area contributed by atoms with Crippen LogP contribution in [0.25, 0.3) is 11.3 Å². The summed E-state index contributed by atoms with van der Waals surface area (Å²) in [5, 5.41) is 2.71. The highest BCUT2D eigenvalue weighted by atomic mass is 16.5. The first-order chi connectivity index (χ1) is 5.97. The molecule has 0 aromatic carbocycles. The fraction of sp³-hybridized carbons (Fsp3) is 0. The van der Waals surface area contributed by atoms with Crippen LogP contribution in [0.3, 0.4) is 0 Å². The molecule has 60 valence electrons. The van der Waals surface area contributed by atoms with E-state index in [4.69, 9.17) is 4.52 Å². The van der Waals surface area contributed by atoms with Gasteiger partial charge in [-0.3, -0.25) is 0 Å². The number of aromatic amines is 1. The molecule has 2 nitrogen and oxygen atoms in total. The van der Waals surface area contributed by atoms with Gasteiger partial charge in [-0.1, -0.05) is 24.3 Å². The van der Waals surface area contributed by atoms with Crippen molar-refractivity contribution in [1.29, 1.82) is 0 Å². The van der Waals surface area contributed by atoms with Crippen molar-refractivity contribution in [2.45, 2.75) is 0 Å². The number of aromatic nitrogens is 1. The van der Waals surface area contributed by atoms with Crippen LogP contribution in [0, 0.1) is 0 Å². The molecule has 0 saturated heterocycles. The van der Waals surface area contributed by atoms with Gasteiger partial charge in [0.1, 0.15) is 0 Å². The minimum atomic E-state index is 0.838. The Morgan fingerprint density at radius 2 is 1.75 bits per heavy atom. The lowest BCUT2D eigenvalue weighted by Crippen LogP contribution is -1.67. The van der Waals surface area contributed by atoms with Crippen LogP contribution in [0.15, 0.2) is 53.2 Å². The van der Waals surface area contributed by atoms with Crippen LogP contribution in [-0.4, -0.2) is 5.16 Å². The fourth-order valence-electron chi connectivity index (χ4n) is 1.06. The summed E-state index contributed by atoms with van der Waals surface area (Å²) in [7, 11) is 0. The molecule has 0 saturated carbocycles. The molecule has 2 aliphatic rings. The summed E-state index contributed by atoms with van der Waals surface area (Å²) >= 11 is 0. The fourth-order valence-corrected chi connectivity index (χ4v) is 1.06. The highest BCUT2D eigenvalue weighted by Gasteiger charge is 1.95. The molecule has 0 bridgehead atoms. The molecule has 1 aliphatic heterocycles. The predicted molar refractivity (Wildman–Crippen MR) is 47.3 cm³/mol. The Labute approximate surface area is 70.5 Å². The normalized spacial score (nSPS) is 9.67. The number of rotatable bonds is 0. The zero-order valence-electron chi connectivity index (χ0n) is 6.53. The highest BCUT2D eigenvalue weighted by Crippen LogP contribution is 2.15. The third-order valence-electron chi connectivity index (χ3n) is 1.64. The number of hydrogen-bond donors (Lipinski definition) is 1. The predicted octanol–water partition coefficient (Wildman–Crippen LogP) is 2.84. The smallest absolute Gasteiger partial charge is 0.162 e. The molecule has 2 rings (SSSR count).